The molecule has 0 spiro atoms. The highest BCUT2D eigenvalue weighted by molar-refractivity contribution is 7.80. The van der Waals surface area contributed by atoms with E-state index in [-0.39, 0.29) is 5.82 Å². The second-order valence-corrected chi connectivity index (χ2v) is 6.53. The lowest BCUT2D eigenvalue weighted by Crippen LogP contribution is -2.34. The molecule has 24 heavy (non-hydrogen) atoms. The summed E-state index contributed by atoms with van der Waals surface area (Å²) in [7, 11) is 0. The van der Waals surface area contributed by atoms with E-state index in [1.165, 1.54) is 23.4 Å². The van der Waals surface area contributed by atoms with Gasteiger partial charge in [-0.2, -0.15) is 0 Å². The van der Waals surface area contributed by atoms with Gasteiger partial charge in [-0.3, -0.25) is 0 Å². The summed E-state index contributed by atoms with van der Waals surface area (Å²) < 4.78 is 13.1. The van der Waals surface area contributed by atoms with Gasteiger partial charge < -0.3 is 15.5 Å². The summed E-state index contributed by atoms with van der Waals surface area (Å²) in [5, 5.41) is 6.71. The van der Waals surface area contributed by atoms with Crippen molar-refractivity contribution < 1.29 is 4.39 Å². The molecular formula is C19H22FN3S. The van der Waals surface area contributed by atoms with Crippen LogP contribution in [0.25, 0.3) is 0 Å². The molecule has 1 aliphatic rings. The summed E-state index contributed by atoms with van der Waals surface area (Å²) in [5.74, 6) is -0.274. The number of thiocarbonyl (C=S) groups is 1. The number of rotatable bonds is 5. The van der Waals surface area contributed by atoms with Crippen molar-refractivity contribution in [3.05, 3.63) is 59.9 Å². The van der Waals surface area contributed by atoms with Crippen LogP contribution in [0.5, 0.6) is 0 Å². The maximum absolute atomic E-state index is 13.1. The summed E-state index contributed by atoms with van der Waals surface area (Å²) in [5.41, 5.74) is 3.45. The Morgan fingerprint density at radius 2 is 2.08 bits per heavy atom. The van der Waals surface area contributed by atoms with Gasteiger partial charge in [0.2, 0.25) is 0 Å². The molecule has 0 unspecified atom stereocenters. The molecule has 0 aliphatic carbocycles. The molecule has 2 N–H and O–H groups in total. The van der Waals surface area contributed by atoms with Crippen molar-refractivity contribution in [2.75, 3.05) is 23.3 Å². The minimum atomic E-state index is -0.274. The van der Waals surface area contributed by atoms with E-state index in [2.05, 4.69) is 46.7 Å². The summed E-state index contributed by atoms with van der Waals surface area (Å²) in [6, 6.07) is 15.4. The van der Waals surface area contributed by atoms with Crippen LogP contribution in [-0.4, -0.2) is 24.2 Å². The van der Waals surface area contributed by atoms with Crippen LogP contribution in [0.1, 0.15) is 18.9 Å². The van der Waals surface area contributed by atoms with Crippen LogP contribution in [-0.2, 0) is 6.42 Å². The summed E-state index contributed by atoms with van der Waals surface area (Å²) >= 11 is 5.26. The Balaban J connectivity index is 1.43. The lowest BCUT2D eigenvalue weighted by molar-refractivity contribution is 0.628. The predicted octanol–water partition coefficient (Wildman–Crippen LogP) is 3.95. The van der Waals surface area contributed by atoms with Gasteiger partial charge in [-0.1, -0.05) is 24.3 Å². The second kappa shape index (κ2) is 7.62. The van der Waals surface area contributed by atoms with E-state index < -0.39 is 0 Å². The maximum atomic E-state index is 13.1. The van der Waals surface area contributed by atoms with E-state index in [1.54, 1.807) is 12.1 Å². The molecule has 3 nitrogen and oxygen atoms in total. The van der Waals surface area contributed by atoms with Gasteiger partial charge in [-0.05, 0) is 61.8 Å². The van der Waals surface area contributed by atoms with Gasteiger partial charge in [0.1, 0.15) is 5.82 Å². The summed E-state index contributed by atoms with van der Waals surface area (Å²) in [4.78, 5) is 2.46. The molecule has 3 rings (SSSR count). The number of halogens is 1. The van der Waals surface area contributed by atoms with Crippen molar-refractivity contribution >= 4 is 28.7 Å². The molecule has 0 radical (unpaired) electrons. The third-order valence-corrected chi connectivity index (χ3v) is 4.54. The van der Waals surface area contributed by atoms with Crippen LogP contribution in [0.2, 0.25) is 0 Å². The quantitative estimate of drug-likeness (QED) is 0.635. The fourth-order valence-corrected chi connectivity index (χ4v) is 3.38. The van der Waals surface area contributed by atoms with Gasteiger partial charge in [0.15, 0.2) is 5.11 Å². The molecule has 2 aromatic carbocycles. The normalized spacial score (nSPS) is 15.9. The Morgan fingerprint density at radius 3 is 2.92 bits per heavy atom. The average Bonchev–Trinajstić information content (AvgIpc) is 2.87. The lowest BCUT2D eigenvalue weighted by atomic mass is 10.1. The number of nitrogens with one attached hydrogen (secondary N) is 2. The van der Waals surface area contributed by atoms with E-state index in [0.29, 0.717) is 16.8 Å². The molecule has 126 valence electrons. The molecule has 0 bridgehead atoms. The third-order valence-electron chi connectivity index (χ3n) is 4.29. The summed E-state index contributed by atoms with van der Waals surface area (Å²) in [6.45, 7) is 4.05. The smallest absolute Gasteiger partial charge is 0.170 e. The first-order valence-corrected chi connectivity index (χ1v) is 8.69. The Hall–Kier alpha value is -2.14. The van der Waals surface area contributed by atoms with Crippen LogP contribution in [0, 0.1) is 5.82 Å². The number of hydrogen-bond donors (Lipinski definition) is 2. The van der Waals surface area contributed by atoms with Crippen molar-refractivity contribution in [1.82, 2.24) is 5.32 Å². The fraction of sp³-hybridized carbons (Fsp3) is 0.316. The van der Waals surface area contributed by atoms with Gasteiger partial charge in [-0.25, -0.2) is 4.39 Å². The second-order valence-electron chi connectivity index (χ2n) is 6.12. The van der Waals surface area contributed by atoms with Gasteiger partial charge in [-0.15, -0.1) is 0 Å². The van der Waals surface area contributed by atoms with Crippen LogP contribution in [0.4, 0.5) is 15.8 Å². The van der Waals surface area contributed by atoms with Gasteiger partial charge in [0, 0.05) is 30.5 Å². The maximum Gasteiger partial charge on any atom is 0.170 e. The Labute approximate surface area is 147 Å². The first-order valence-electron chi connectivity index (χ1n) is 8.28. The molecule has 0 saturated heterocycles. The number of para-hydroxylation sites is 1. The van der Waals surface area contributed by atoms with E-state index >= 15 is 0 Å². The molecule has 1 atom stereocenters. The minimum absolute atomic E-state index is 0.274. The number of anilines is 2. The molecule has 0 aromatic heterocycles. The molecule has 2 aromatic rings. The fourth-order valence-electron chi connectivity index (χ4n) is 3.16. The topological polar surface area (TPSA) is 27.3 Å². The van der Waals surface area contributed by atoms with Crippen molar-refractivity contribution in [2.24, 2.45) is 0 Å². The van der Waals surface area contributed by atoms with Crippen LogP contribution >= 0.6 is 12.2 Å². The van der Waals surface area contributed by atoms with Gasteiger partial charge >= 0.3 is 0 Å². The van der Waals surface area contributed by atoms with Gasteiger partial charge in [0.25, 0.3) is 0 Å². The highest BCUT2D eigenvalue weighted by atomic mass is 32.1. The van der Waals surface area contributed by atoms with Crippen molar-refractivity contribution in [3.8, 4) is 0 Å². The summed E-state index contributed by atoms with van der Waals surface area (Å²) in [6.07, 6.45) is 2.10. The third kappa shape index (κ3) is 4.03. The number of fused-ring (bicyclic) bond motifs is 1. The van der Waals surface area contributed by atoms with Crippen molar-refractivity contribution in [1.29, 1.82) is 0 Å². The average molecular weight is 343 g/mol. The zero-order valence-corrected chi connectivity index (χ0v) is 14.6. The monoisotopic (exact) mass is 343 g/mol. The standard InChI is InChI=1S/C19H22FN3S/c1-14-12-15-6-2-3-9-18(15)23(14)11-5-10-21-19(24)22-17-8-4-7-16(20)13-17/h2-4,6-9,13-14H,5,10-12H2,1H3,(H2,21,22,24)/t14-/m1/s1. The molecule has 0 saturated carbocycles. The minimum Gasteiger partial charge on any atom is -0.368 e. The first-order chi connectivity index (χ1) is 11.6. The lowest BCUT2D eigenvalue weighted by Gasteiger charge is -2.25. The van der Waals surface area contributed by atoms with E-state index in [1.807, 2.05) is 0 Å². The SMILES string of the molecule is C[C@@H]1Cc2ccccc2N1CCCNC(=S)Nc1cccc(F)c1. The molecular weight excluding hydrogens is 321 g/mol. The molecule has 0 fully saturated rings. The predicted molar refractivity (Wildman–Crippen MR) is 102 cm³/mol. The zero-order valence-electron chi connectivity index (χ0n) is 13.8. The van der Waals surface area contributed by atoms with Gasteiger partial charge in [0.05, 0.1) is 0 Å². The molecule has 1 aliphatic heterocycles. The zero-order chi connectivity index (χ0) is 16.9. The van der Waals surface area contributed by atoms with Crippen LogP contribution < -0.4 is 15.5 Å². The highest BCUT2D eigenvalue weighted by Crippen LogP contribution is 2.31. The van der Waals surface area contributed by atoms with Crippen molar-refractivity contribution in [2.45, 2.75) is 25.8 Å². The molecule has 1 heterocycles. The van der Waals surface area contributed by atoms with Crippen molar-refractivity contribution in [3.63, 3.8) is 0 Å². The highest BCUT2D eigenvalue weighted by Gasteiger charge is 2.24. The molecule has 0 amide bonds. The van der Waals surface area contributed by atoms with E-state index in [4.69, 9.17) is 12.2 Å². The Kier molecular flexibility index (Phi) is 5.30. The first kappa shape index (κ1) is 16.7. The van der Waals surface area contributed by atoms with Crippen LogP contribution in [0.15, 0.2) is 48.5 Å². The number of hydrogen-bond acceptors (Lipinski definition) is 2. The van der Waals surface area contributed by atoms with E-state index in [9.17, 15) is 4.39 Å². The molecule has 5 heteroatoms. The number of nitrogens with zero attached hydrogens (tertiary/aromatic N) is 1. The Morgan fingerprint density at radius 1 is 1.25 bits per heavy atom. The van der Waals surface area contributed by atoms with Crippen LogP contribution in [0.3, 0.4) is 0 Å². The largest absolute Gasteiger partial charge is 0.368 e. The Bertz CT molecular complexity index is 719. The van der Waals surface area contributed by atoms with E-state index in [0.717, 1.165) is 25.9 Å². The number of benzene rings is 2.